The van der Waals surface area contributed by atoms with Gasteiger partial charge in [-0.3, -0.25) is 10.3 Å². The molecule has 29 heavy (non-hydrogen) atoms. The van der Waals surface area contributed by atoms with Crippen molar-refractivity contribution in [1.82, 2.24) is 9.97 Å². The Labute approximate surface area is 166 Å². The van der Waals surface area contributed by atoms with Crippen LogP contribution < -0.4 is 25.2 Å². The zero-order valence-corrected chi connectivity index (χ0v) is 15.7. The van der Waals surface area contributed by atoms with Crippen molar-refractivity contribution in [2.45, 2.75) is 6.92 Å². The Morgan fingerprint density at radius 2 is 1.86 bits per heavy atom. The number of nitrogens with zero attached hydrogens (tertiary/aromatic N) is 3. The Bertz CT molecular complexity index is 1020. The summed E-state index contributed by atoms with van der Waals surface area (Å²) in [6.45, 7) is 3.25. The Morgan fingerprint density at radius 3 is 2.69 bits per heavy atom. The van der Waals surface area contributed by atoms with Crippen molar-refractivity contribution in [3.05, 3.63) is 54.5 Å². The molecule has 3 aromatic rings. The summed E-state index contributed by atoms with van der Waals surface area (Å²) < 4.78 is 25.3. The van der Waals surface area contributed by atoms with E-state index >= 15 is 0 Å². The summed E-state index contributed by atoms with van der Waals surface area (Å²) >= 11 is 0. The first-order valence-corrected chi connectivity index (χ1v) is 9.15. The van der Waals surface area contributed by atoms with Crippen LogP contribution in [0.25, 0.3) is 0 Å². The summed E-state index contributed by atoms with van der Waals surface area (Å²) in [5.74, 6) is 0.886. The summed E-state index contributed by atoms with van der Waals surface area (Å²) in [5, 5.41) is 16.9. The number of fused-ring (bicyclic) bond motifs is 1. The zero-order chi connectivity index (χ0) is 20.2. The zero-order valence-electron chi connectivity index (χ0n) is 15.7. The van der Waals surface area contributed by atoms with Crippen LogP contribution in [0.5, 0.6) is 11.5 Å². The SMILES string of the molecule is CCN(O)c1cccc(Nc2ncc(F)c(Nc3ccc4c(c3)OCCO4)n2)c1. The normalized spacial score (nSPS) is 12.4. The largest absolute Gasteiger partial charge is 0.486 e. The molecular formula is C20H20FN5O3. The molecule has 0 spiro atoms. The van der Waals surface area contributed by atoms with Gasteiger partial charge in [-0.15, -0.1) is 0 Å². The Kier molecular flexibility index (Phi) is 5.30. The molecule has 3 N–H and O–H groups in total. The molecule has 0 bridgehead atoms. The number of halogens is 1. The van der Waals surface area contributed by atoms with Crippen molar-refractivity contribution in [3.63, 3.8) is 0 Å². The molecule has 0 fully saturated rings. The van der Waals surface area contributed by atoms with Crippen LogP contribution in [0.4, 0.5) is 33.2 Å². The third kappa shape index (κ3) is 4.30. The fourth-order valence-corrected chi connectivity index (χ4v) is 2.83. The van der Waals surface area contributed by atoms with Crippen LogP contribution >= 0.6 is 0 Å². The lowest BCUT2D eigenvalue weighted by molar-refractivity contribution is 0.171. The molecular weight excluding hydrogens is 377 g/mol. The number of benzene rings is 2. The van der Waals surface area contributed by atoms with E-state index in [2.05, 4.69) is 20.6 Å². The highest BCUT2D eigenvalue weighted by Crippen LogP contribution is 2.33. The van der Waals surface area contributed by atoms with Gasteiger partial charge in [-0.05, 0) is 37.3 Å². The van der Waals surface area contributed by atoms with E-state index in [9.17, 15) is 9.60 Å². The maximum atomic E-state index is 14.2. The molecule has 1 aliphatic heterocycles. The summed E-state index contributed by atoms with van der Waals surface area (Å²) in [4.78, 5) is 8.20. The van der Waals surface area contributed by atoms with E-state index in [1.54, 1.807) is 42.5 Å². The second-order valence-corrected chi connectivity index (χ2v) is 6.26. The predicted octanol–water partition coefficient (Wildman–Crippen LogP) is 4.09. The van der Waals surface area contributed by atoms with Gasteiger partial charge in [-0.2, -0.15) is 4.98 Å². The number of hydroxylamine groups is 1. The number of nitrogens with one attached hydrogen (secondary N) is 2. The van der Waals surface area contributed by atoms with E-state index in [4.69, 9.17) is 9.47 Å². The minimum atomic E-state index is -0.591. The number of hydrogen-bond acceptors (Lipinski definition) is 8. The van der Waals surface area contributed by atoms with E-state index in [1.807, 2.05) is 6.92 Å². The van der Waals surface area contributed by atoms with Gasteiger partial charge >= 0.3 is 0 Å². The molecule has 0 radical (unpaired) electrons. The smallest absolute Gasteiger partial charge is 0.229 e. The molecule has 8 nitrogen and oxygen atoms in total. The van der Waals surface area contributed by atoms with Crippen molar-refractivity contribution in [2.75, 3.05) is 35.5 Å². The van der Waals surface area contributed by atoms with Crippen molar-refractivity contribution in [1.29, 1.82) is 0 Å². The molecule has 2 heterocycles. The van der Waals surface area contributed by atoms with E-state index < -0.39 is 5.82 Å². The Hall–Kier alpha value is -3.59. The summed E-state index contributed by atoms with van der Waals surface area (Å²) in [5.41, 5.74) is 1.89. The van der Waals surface area contributed by atoms with Gasteiger partial charge < -0.3 is 20.1 Å². The molecule has 150 valence electrons. The predicted molar refractivity (Wildman–Crippen MR) is 107 cm³/mol. The molecule has 0 aliphatic carbocycles. The molecule has 4 rings (SSSR count). The quantitative estimate of drug-likeness (QED) is 0.536. The van der Waals surface area contributed by atoms with Gasteiger partial charge in [-0.1, -0.05) is 6.07 Å². The molecule has 1 aliphatic rings. The van der Waals surface area contributed by atoms with Gasteiger partial charge in [0.2, 0.25) is 5.95 Å². The van der Waals surface area contributed by atoms with Crippen LogP contribution in [0, 0.1) is 5.82 Å². The summed E-state index contributed by atoms with van der Waals surface area (Å²) in [6, 6.07) is 12.3. The number of hydrogen-bond donors (Lipinski definition) is 3. The van der Waals surface area contributed by atoms with Crippen LogP contribution in [-0.2, 0) is 0 Å². The molecule has 0 amide bonds. The second kappa shape index (κ2) is 8.19. The number of ether oxygens (including phenoxy) is 2. The van der Waals surface area contributed by atoms with Gasteiger partial charge in [0.15, 0.2) is 23.1 Å². The van der Waals surface area contributed by atoms with Crippen LogP contribution in [0.1, 0.15) is 6.92 Å². The van der Waals surface area contributed by atoms with Crippen LogP contribution in [0.2, 0.25) is 0 Å². The molecule has 0 saturated heterocycles. The number of aromatic nitrogens is 2. The fraction of sp³-hybridized carbons (Fsp3) is 0.200. The van der Waals surface area contributed by atoms with Gasteiger partial charge in [0.25, 0.3) is 0 Å². The standard InChI is InChI=1S/C20H20FN5O3/c1-2-26(27)15-5-3-4-13(10-15)24-20-22-12-16(21)19(25-20)23-14-6-7-17-18(11-14)29-9-8-28-17/h3-7,10-12,27H,2,8-9H2,1H3,(H2,22,23,24,25). The van der Waals surface area contributed by atoms with Gasteiger partial charge in [0.05, 0.1) is 11.9 Å². The van der Waals surface area contributed by atoms with Gasteiger partial charge in [0.1, 0.15) is 13.2 Å². The van der Waals surface area contributed by atoms with E-state index in [1.165, 1.54) is 0 Å². The fourth-order valence-electron chi connectivity index (χ4n) is 2.83. The van der Waals surface area contributed by atoms with E-state index in [-0.39, 0.29) is 11.8 Å². The highest BCUT2D eigenvalue weighted by Gasteiger charge is 2.14. The molecule has 0 saturated carbocycles. The van der Waals surface area contributed by atoms with E-state index in [0.717, 1.165) is 11.3 Å². The lowest BCUT2D eigenvalue weighted by Gasteiger charge is -2.19. The van der Waals surface area contributed by atoms with Crippen LogP contribution in [0.3, 0.4) is 0 Å². The van der Waals surface area contributed by atoms with Crippen LogP contribution in [0.15, 0.2) is 48.7 Å². The van der Waals surface area contributed by atoms with Gasteiger partial charge in [0, 0.05) is 24.0 Å². The third-order valence-corrected chi connectivity index (χ3v) is 4.25. The van der Waals surface area contributed by atoms with Crippen molar-refractivity contribution in [2.24, 2.45) is 0 Å². The average Bonchev–Trinajstić information content (AvgIpc) is 2.75. The minimum Gasteiger partial charge on any atom is -0.486 e. The first-order valence-electron chi connectivity index (χ1n) is 9.15. The molecule has 9 heteroatoms. The highest BCUT2D eigenvalue weighted by molar-refractivity contribution is 5.65. The minimum absolute atomic E-state index is 0.0210. The second-order valence-electron chi connectivity index (χ2n) is 6.26. The number of anilines is 5. The average molecular weight is 397 g/mol. The Balaban J connectivity index is 1.54. The van der Waals surface area contributed by atoms with Crippen molar-refractivity contribution in [3.8, 4) is 11.5 Å². The highest BCUT2D eigenvalue weighted by atomic mass is 19.1. The maximum Gasteiger partial charge on any atom is 0.229 e. The summed E-state index contributed by atoms with van der Waals surface area (Å²) in [6.07, 6.45) is 1.09. The van der Waals surface area contributed by atoms with Gasteiger partial charge in [-0.25, -0.2) is 9.37 Å². The lowest BCUT2D eigenvalue weighted by Crippen LogP contribution is -2.16. The van der Waals surface area contributed by atoms with Crippen LogP contribution in [-0.4, -0.2) is 34.9 Å². The lowest BCUT2D eigenvalue weighted by atomic mass is 10.2. The molecule has 0 unspecified atom stereocenters. The summed E-state index contributed by atoms with van der Waals surface area (Å²) in [7, 11) is 0. The van der Waals surface area contributed by atoms with Crippen molar-refractivity contribution >= 4 is 28.8 Å². The van der Waals surface area contributed by atoms with E-state index in [0.29, 0.717) is 48.3 Å². The molecule has 2 aromatic carbocycles. The maximum absolute atomic E-state index is 14.2. The topological polar surface area (TPSA) is 91.8 Å². The van der Waals surface area contributed by atoms with Crippen molar-refractivity contribution < 1.29 is 19.1 Å². The first-order chi connectivity index (χ1) is 14.1. The third-order valence-electron chi connectivity index (χ3n) is 4.25. The molecule has 1 aromatic heterocycles. The monoisotopic (exact) mass is 397 g/mol. The first kappa shape index (κ1) is 18.8. The Morgan fingerprint density at radius 1 is 1.07 bits per heavy atom. The molecule has 0 atom stereocenters. The number of rotatable bonds is 6.